The number of rotatable bonds is 5. The monoisotopic (exact) mass is 454 g/mol. The van der Waals surface area contributed by atoms with Gasteiger partial charge in [0.15, 0.2) is 0 Å². The van der Waals surface area contributed by atoms with Gasteiger partial charge >= 0.3 is 0 Å². The summed E-state index contributed by atoms with van der Waals surface area (Å²) in [5.74, 6) is 0.611. The summed E-state index contributed by atoms with van der Waals surface area (Å²) in [6, 6.07) is 5.66. The quantitative estimate of drug-likeness (QED) is 0.739. The fourth-order valence-corrected chi connectivity index (χ4v) is 5.19. The summed E-state index contributed by atoms with van der Waals surface area (Å²) < 4.78 is 5.42. The number of morpholine rings is 1. The van der Waals surface area contributed by atoms with Crippen LogP contribution in [-0.2, 0) is 14.3 Å². The lowest BCUT2D eigenvalue weighted by molar-refractivity contribution is -0.135. The van der Waals surface area contributed by atoms with Crippen LogP contribution in [0.25, 0.3) is 0 Å². The van der Waals surface area contributed by atoms with E-state index >= 15 is 0 Å². The molecular weight excluding hydrogens is 420 g/mol. The van der Waals surface area contributed by atoms with Gasteiger partial charge in [0.1, 0.15) is 0 Å². The Morgan fingerprint density at radius 1 is 0.818 bits per heavy atom. The number of benzene rings is 1. The minimum Gasteiger partial charge on any atom is -0.378 e. The highest BCUT2D eigenvalue weighted by atomic mass is 16.5. The van der Waals surface area contributed by atoms with E-state index in [4.69, 9.17) is 4.74 Å². The van der Waals surface area contributed by atoms with Gasteiger partial charge in [-0.05, 0) is 43.9 Å². The maximum atomic E-state index is 13.5. The lowest BCUT2D eigenvalue weighted by Gasteiger charge is -2.38. The summed E-state index contributed by atoms with van der Waals surface area (Å²) in [6.07, 6.45) is 6.23. The Morgan fingerprint density at radius 2 is 1.52 bits per heavy atom. The first-order chi connectivity index (χ1) is 16.1. The fourth-order valence-electron chi connectivity index (χ4n) is 5.19. The third kappa shape index (κ3) is 5.00. The lowest BCUT2D eigenvalue weighted by Crippen LogP contribution is -2.50. The molecule has 2 heterocycles. The van der Waals surface area contributed by atoms with Crippen LogP contribution in [0, 0.1) is 11.8 Å². The number of carbonyl (C=O) groups is 3. The molecule has 8 heteroatoms. The molecule has 2 saturated heterocycles. The number of ether oxygens (including phenoxy) is 1. The van der Waals surface area contributed by atoms with Crippen LogP contribution < -0.4 is 10.2 Å². The molecule has 0 unspecified atom stereocenters. The number of amides is 3. The van der Waals surface area contributed by atoms with Gasteiger partial charge in [-0.3, -0.25) is 14.4 Å². The van der Waals surface area contributed by atoms with Gasteiger partial charge in [-0.15, -0.1) is 0 Å². The van der Waals surface area contributed by atoms with E-state index in [1.54, 1.807) is 0 Å². The van der Waals surface area contributed by atoms with Crippen molar-refractivity contribution >= 4 is 29.1 Å². The zero-order chi connectivity index (χ0) is 22.8. The molecule has 33 heavy (non-hydrogen) atoms. The maximum Gasteiger partial charge on any atom is 0.256 e. The molecule has 4 fully saturated rings. The van der Waals surface area contributed by atoms with Gasteiger partial charge < -0.3 is 24.8 Å². The second-order valence-electron chi connectivity index (χ2n) is 9.69. The summed E-state index contributed by atoms with van der Waals surface area (Å²) in [7, 11) is 0. The van der Waals surface area contributed by atoms with E-state index in [9.17, 15) is 14.4 Å². The second-order valence-corrected chi connectivity index (χ2v) is 9.69. The summed E-state index contributed by atoms with van der Waals surface area (Å²) in [4.78, 5) is 44.6. The number of anilines is 2. The zero-order valence-corrected chi connectivity index (χ0v) is 19.3. The van der Waals surface area contributed by atoms with Crippen molar-refractivity contribution in [1.82, 2.24) is 9.80 Å². The Hall–Kier alpha value is -2.61. The van der Waals surface area contributed by atoms with Crippen molar-refractivity contribution < 1.29 is 19.1 Å². The molecule has 4 aliphatic rings. The van der Waals surface area contributed by atoms with Crippen molar-refractivity contribution in [3.63, 3.8) is 0 Å². The van der Waals surface area contributed by atoms with E-state index < -0.39 is 0 Å². The third-order valence-electron chi connectivity index (χ3n) is 7.38. The first-order valence-electron chi connectivity index (χ1n) is 12.5. The number of piperazine rings is 1. The molecule has 178 valence electrons. The van der Waals surface area contributed by atoms with Gasteiger partial charge in [-0.2, -0.15) is 0 Å². The largest absolute Gasteiger partial charge is 0.378 e. The minimum absolute atomic E-state index is 0.0275. The Labute approximate surface area is 195 Å². The Bertz CT molecular complexity index is 896. The number of carbonyl (C=O) groups excluding carboxylic acids is 3. The van der Waals surface area contributed by atoms with Crippen LogP contribution in [0.15, 0.2) is 18.2 Å². The van der Waals surface area contributed by atoms with Crippen molar-refractivity contribution in [1.29, 1.82) is 0 Å². The number of nitrogens with zero attached hydrogens (tertiary/aromatic N) is 3. The molecule has 1 N–H and O–H groups in total. The molecule has 0 radical (unpaired) electrons. The molecule has 2 aliphatic carbocycles. The molecular formula is C25H34N4O4. The predicted molar refractivity (Wildman–Crippen MR) is 125 cm³/mol. The number of nitrogens with one attached hydrogen (secondary N) is 1. The van der Waals surface area contributed by atoms with E-state index in [1.807, 2.05) is 28.0 Å². The summed E-state index contributed by atoms with van der Waals surface area (Å²) >= 11 is 0. The van der Waals surface area contributed by atoms with Crippen molar-refractivity contribution in [3.8, 4) is 0 Å². The minimum atomic E-state index is -0.0275. The molecule has 0 bridgehead atoms. The van der Waals surface area contributed by atoms with Crippen LogP contribution in [0.2, 0.25) is 0 Å². The predicted octanol–water partition coefficient (Wildman–Crippen LogP) is 2.35. The van der Waals surface area contributed by atoms with Gasteiger partial charge in [-0.1, -0.05) is 12.8 Å². The average molecular weight is 455 g/mol. The van der Waals surface area contributed by atoms with E-state index in [-0.39, 0.29) is 23.7 Å². The van der Waals surface area contributed by atoms with E-state index in [0.717, 1.165) is 44.2 Å². The summed E-state index contributed by atoms with van der Waals surface area (Å²) in [5.41, 5.74) is 2.16. The number of hydrogen-bond donors (Lipinski definition) is 1. The van der Waals surface area contributed by atoms with Gasteiger partial charge in [0.25, 0.3) is 5.91 Å². The Morgan fingerprint density at radius 3 is 2.18 bits per heavy atom. The maximum absolute atomic E-state index is 13.5. The highest BCUT2D eigenvalue weighted by molar-refractivity contribution is 6.02. The van der Waals surface area contributed by atoms with Crippen LogP contribution in [0.3, 0.4) is 0 Å². The topological polar surface area (TPSA) is 82.2 Å². The van der Waals surface area contributed by atoms with E-state index in [2.05, 4.69) is 10.2 Å². The molecule has 2 aliphatic heterocycles. The van der Waals surface area contributed by atoms with E-state index in [0.29, 0.717) is 69.6 Å². The third-order valence-corrected chi connectivity index (χ3v) is 7.38. The van der Waals surface area contributed by atoms with Crippen molar-refractivity contribution in [2.75, 3.05) is 62.7 Å². The highest BCUT2D eigenvalue weighted by Crippen LogP contribution is 2.32. The van der Waals surface area contributed by atoms with Crippen LogP contribution in [-0.4, -0.2) is 80.0 Å². The van der Waals surface area contributed by atoms with Gasteiger partial charge in [0.05, 0.1) is 18.8 Å². The van der Waals surface area contributed by atoms with Crippen LogP contribution >= 0.6 is 0 Å². The van der Waals surface area contributed by atoms with Crippen LogP contribution in [0.4, 0.5) is 11.4 Å². The molecule has 0 aromatic heterocycles. The normalized spacial score (nSPS) is 21.9. The first kappa shape index (κ1) is 22.2. The Kier molecular flexibility index (Phi) is 6.53. The van der Waals surface area contributed by atoms with Crippen molar-refractivity contribution in [2.45, 2.75) is 38.5 Å². The highest BCUT2D eigenvalue weighted by Gasteiger charge is 2.32. The smallest absolute Gasteiger partial charge is 0.256 e. The summed E-state index contributed by atoms with van der Waals surface area (Å²) in [5, 5.41) is 2.98. The molecule has 1 aromatic carbocycles. The molecule has 1 aromatic rings. The fraction of sp³-hybridized carbons (Fsp3) is 0.640. The average Bonchev–Trinajstić information content (AvgIpc) is 3.58. The Balaban J connectivity index is 1.32. The molecule has 0 spiro atoms. The molecule has 5 rings (SSSR count). The second kappa shape index (κ2) is 9.71. The molecule has 0 atom stereocenters. The van der Waals surface area contributed by atoms with Crippen molar-refractivity contribution in [2.24, 2.45) is 11.8 Å². The SMILES string of the molecule is O=C(Nc1ccc(N2CCN(C(=O)C3CCCC3)CC2)c(C(=O)N2CCOCC2)c1)C1CC1. The molecule has 8 nitrogen and oxygen atoms in total. The van der Waals surface area contributed by atoms with Crippen LogP contribution in [0.5, 0.6) is 0 Å². The summed E-state index contributed by atoms with van der Waals surface area (Å²) in [6.45, 7) is 5.00. The van der Waals surface area contributed by atoms with Gasteiger partial charge in [0, 0.05) is 62.5 Å². The number of hydrogen-bond acceptors (Lipinski definition) is 5. The van der Waals surface area contributed by atoms with Gasteiger partial charge in [-0.25, -0.2) is 0 Å². The standard InChI is InChI=1S/C25H34N4O4/c30-23(18-5-6-18)26-20-7-8-22(21(17-20)25(32)29-13-15-33-16-14-29)27-9-11-28(12-10-27)24(31)19-3-1-2-4-19/h7-8,17-19H,1-6,9-16H2,(H,26,30). The molecule has 2 saturated carbocycles. The lowest BCUT2D eigenvalue weighted by atomic mass is 10.1. The molecule has 3 amide bonds. The van der Waals surface area contributed by atoms with Crippen LogP contribution in [0.1, 0.15) is 48.9 Å². The van der Waals surface area contributed by atoms with Crippen molar-refractivity contribution in [3.05, 3.63) is 23.8 Å². The van der Waals surface area contributed by atoms with Gasteiger partial charge in [0.2, 0.25) is 11.8 Å². The zero-order valence-electron chi connectivity index (χ0n) is 19.3. The van der Waals surface area contributed by atoms with E-state index in [1.165, 1.54) is 0 Å². The first-order valence-corrected chi connectivity index (χ1v) is 12.5.